The Bertz CT molecular complexity index is 1050. The third kappa shape index (κ3) is 3.49. The molecule has 2 N–H and O–H groups in total. The van der Waals surface area contributed by atoms with E-state index in [0.717, 1.165) is 55.7 Å². The van der Waals surface area contributed by atoms with Gasteiger partial charge in [0.2, 0.25) is 0 Å². The van der Waals surface area contributed by atoms with Crippen molar-refractivity contribution in [2.24, 2.45) is 16.5 Å². The second-order valence-corrected chi connectivity index (χ2v) is 11.4. The van der Waals surface area contributed by atoms with E-state index >= 15 is 0 Å². The summed E-state index contributed by atoms with van der Waals surface area (Å²) in [6.07, 6.45) is 9.16. The second kappa shape index (κ2) is 7.32. The Morgan fingerprint density at radius 2 is 1.97 bits per heavy atom. The highest BCUT2D eigenvalue weighted by molar-refractivity contribution is 7.86. The van der Waals surface area contributed by atoms with Crippen LogP contribution in [0.5, 0.6) is 0 Å². The van der Waals surface area contributed by atoms with Gasteiger partial charge >= 0.3 is 0 Å². The van der Waals surface area contributed by atoms with Crippen molar-refractivity contribution in [3.63, 3.8) is 0 Å². The number of halogens is 1. The third-order valence-electron chi connectivity index (χ3n) is 7.27. The van der Waals surface area contributed by atoms with Gasteiger partial charge in [-0.15, -0.1) is 0 Å². The Morgan fingerprint density at radius 1 is 1.27 bits per heavy atom. The maximum atomic E-state index is 12.3. The molecule has 5 rings (SSSR count). The number of anilines is 1. The molecule has 0 amide bonds. The lowest BCUT2D eigenvalue weighted by molar-refractivity contribution is 0.00768. The minimum atomic E-state index is -3.67. The second-order valence-electron chi connectivity index (χ2n) is 9.53. The average Bonchev–Trinajstić information content (AvgIpc) is 2.93. The average molecular weight is 453 g/mol. The van der Waals surface area contributed by atoms with Gasteiger partial charge < -0.3 is 4.90 Å². The molecule has 1 saturated heterocycles. The minimum absolute atomic E-state index is 0.0268. The van der Waals surface area contributed by atoms with E-state index in [1.165, 1.54) is 25.6 Å². The first-order chi connectivity index (χ1) is 14.3. The molecule has 3 fully saturated rings. The number of aryl methyl sites for hydroxylation is 1. The molecule has 0 bridgehead atoms. The van der Waals surface area contributed by atoms with E-state index in [-0.39, 0.29) is 11.5 Å². The predicted octanol–water partition coefficient (Wildman–Crippen LogP) is 2.75. The summed E-state index contributed by atoms with van der Waals surface area (Å²) in [6, 6.07) is 1.93. The standard InChI is InChI=1S/C20H29ClN6O2S/c1-14-7-17(21)27-18(14)19(23-13-24-27)25-11-20(12-25)8-16(9-20)26(30(22,28)29)10-15-5-3-2-4-6-15/h7,13,15-16H,2-6,8-12H2,1H3,(H2,22,28,29). The molecule has 164 valence electrons. The van der Waals surface area contributed by atoms with Crippen LogP contribution in [0.1, 0.15) is 50.5 Å². The minimum Gasteiger partial charge on any atom is -0.354 e. The quantitative estimate of drug-likeness (QED) is 0.752. The summed E-state index contributed by atoms with van der Waals surface area (Å²) in [7, 11) is -3.67. The molecule has 1 aliphatic heterocycles. The topological polar surface area (TPSA) is 96.8 Å². The molecule has 2 saturated carbocycles. The molecule has 0 aromatic carbocycles. The van der Waals surface area contributed by atoms with Gasteiger partial charge in [-0.3, -0.25) is 0 Å². The van der Waals surface area contributed by atoms with Gasteiger partial charge in [-0.2, -0.15) is 17.8 Å². The van der Waals surface area contributed by atoms with Crippen molar-refractivity contribution in [2.45, 2.75) is 57.9 Å². The predicted molar refractivity (Wildman–Crippen MR) is 117 cm³/mol. The SMILES string of the molecule is Cc1cc(Cl)n2ncnc(N3CC4(CC(N(CC5CCCCC5)S(N)(=O)=O)C4)C3)c12. The Balaban J connectivity index is 1.26. The van der Waals surface area contributed by atoms with Crippen LogP contribution >= 0.6 is 11.6 Å². The van der Waals surface area contributed by atoms with Crippen molar-refractivity contribution in [2.75, 3.05) is 24.5 Å². The molecular weight excluding hydrogens is 424 g/mol. The molecule has 8 nitrogen and oxygen atoms in total. The Hall–Kier alpha value is -1.42. The number of nitrogens with zero attached hydrogens (tertiary/aromatic N) is 5. The molecule has 2 aromatic heterocycles. The van der Waals surface area contributed by atoms with Crippen LogP contribution in [0, 0.1) is 18.3 Å². The van der Waals surface area contributed by atoms with Crippen molar-refractivity contribution < 1.29 is 8.42 Å². The molecule has 2 aromatic rings. The molecule has 2 aliphatic carbocycles. The van der Waals surface area contributed by atoms with E-state index in [2.05, 4.69) is 15.0 Å². The van der Waals surface area contributed by atoms with E-state index in [1.54, 1.807) is 8.82 Å². The Morgan fingerprint density at radius 3 is 2.63 bits per heavy atom. The van der Waals surface area contributed by atoms with Crippen molar-refractivity contribution >= 4 is 33.1 Å². The molecule has 0 unspecified atom stereocenters. The zero-order valence-electron chi connectivity index (χ0n) is 17.3. The summed E-state index contributed by atoms with van der Waals surface area (Å²) in [6.45, 7) is 4.34. The number of hydrogen-bond acceptors (Lipinski definition) is 5. The third-order valence-corrected chi connectivity index (χ3v) is 8.64. The van der Waals surface area contributed by atoms with Gasteiger partial charge in [0, 0.05) is 31.1 Å². The Kier molecular flexibility index (Phi) is 5.00. The molecule has 30 heavy (non-hydrogen) atoms. The van der Waals surface area contributed by atoms with Crippen molar-refractivity contribution in [1.82, 2.24) is 18.9 Å². The fourth-order valence-electron chi connectivity index (χ4n) is 5.79. The molecular formula is C20H29ClN6O2S. The van der Waals surface area contributed by atoms with E-state index < -0.39 is 10.2 Å². The summed E-state index contributed by atoms with van der Waals surface area (Å²) >= 11 is 6.27. The van der Waals surface area contributed by atoms with Crippen LogP contribution in [0.4, 0.5) is 5.82 Å². The summed E-state index contributed by atoms with van der Waals surface area (Å²) < 4.78 is 27.9. The van der Waals surface area contributed by atoms with Gasteiger partial charge in [0.1, 0.15) is 17.0 Å². The molecule has 3 heterocycles. The summed E-state index contributed by atoms with van der Waals surface area (Å²) in [4.78, 5) is 6.76. The number of nitrogens with two attached hydrogens (primary N) is 1. The summed E-state index contributed by atoms with van der Waals surface area (Å²) in [5, 5.41) is 10.4. The number of rotatable bonds is 5. The first-order valence-corrected chi connectivity index (χ1v) is 12.7. The van der Waals surface area contributed by atoms with Crippen LogP contribution in [0.25, 0.3) is 5.52 Å². The van der Waals surface area contributed by atoms with Crippen LogP contribution in [0.2, 0.25) is 5.15 Å². The van der Waals surface area contributed by atoms with E-state index in [9.17, 15) is 8.42 Å². The van der Waals surface area contributed by atoms with Crippen molar-refractivity contribution in [3.8, 4) is 0 Å². The van der Waals surface area contributed by atoms with Gasteiger partial charge in [0.05, 0.1) is 0 Å². The zero-order chi connectivity index (χ0) is 21.1. The molecule has 0 radical (unpaired) electrons. The molecule has 10 heteroatoms. The van der Waals surface area contributed by atoms with Crippen LogP contribution in [0.3, 0.4) is 0 Å². The monoisotopic (exact) mass is 452 g/mol. The lowest BCUT2D eigenvalue weighted by Gasteiger charge is -2.61. The summed E-state index contributed by atoms with van der Waals surface area (Å²) in [5.41, 5.74) is 2.15. The summed E-state index contributed by atoms with van der Waals surface area (Å²) in [5.74, 6) is 1.34. The molecule has 3 aliphatic rings. The normalized spacial score (nSPS) is 22.6. The van der Waals surface area contributed by atoms with E-state index in [4.69, 9.17) is 16.7 Å². The fourth-order valence-corrected chi connectivity index (χ4v) is 7.07. The van der Waals surface area contributed by atoms with Gasteiger partial charge in [0.25, 0.3) is 10.2 Å². The van der Waals surface area contributed by atoms with Gasteiger partial charge in [-0.25, -0.2) is 14.6 Å². The van der Waals surface area contributed by atoms with Crippen LogP contribution in [-0.4, -0.2) is 53.0 Å². The maximum absolute atomic E-state index is 12.3. The first-order valence-electron chi connectivity index (χ1n) is 10.8. The number of aromatic nitrogens is 3. The zero-order valence-corrected chi connectivity index (χ0v) is 18.9. The van der Waals surface area contributed by atoms with Gasteiger partial charge in [-0.05, 0) is 50.2 Å². The molecule has 0 atom stereocenters. The van der Waals surface area contributed by atoms with Crippen LogP contribution in [0.15, 0.2) is 12.4 Å². The largest absolute Gasteiger partial charge is 0.354 e. The lowest BCUT2D eigenvalue weighted by Crippen LogP contribution is -2.68. The Labute approximate surface area is 182 Å². The van der Waals surface area contributed by atoms with Gasteiger partial charge in [0.15, 0.2) is 5.82 Å². The highest BCUT2D eigenvalue weighted by Gasteiger charge is 2.56. The number of fused-ring (bicyclic) bond motifs is 1. The van der Waals surface area contributed by atoms with Crippen LogP contribution in [-0.2, 0) is 10.2 Å². The highest BCUT2D eigenvalue weighted by atomic mass is 35.5. The lowest BCUT2D eigenvalue weighted by atomic mass is 9.60. The van der Waals surface area contributed by atoms with Crippen LogP contribution < -0.4 is 10.0 Å². The first kappa shape index (κ1) is 20.5. The molecule has 1 spiro atoms. The smallest absolute Gasteiger partial charge is 0.277 e. The maximum Gasteiger partial charge on any atom is 0.277 e. The highest BCUT2D eigenvalue weighted by Crippen LogP contribution is 2.52. The fraction of sp³-hybridized carbons (Fsp3) is 0.700. The van der Waals surface area contributed by atoms with Crippen molar-refractivity contribution in [3.05, 3.63) is 23.1 Å². The van der Waals surface area contributed by atoms with Crippen molar-refractivity contribution in [1.29, 1.82) is 0 Å². The van der Waals surface area contributed by atoms with E-state index in [0.29, 0.717) is 17.6 Å². The van der Waals surface area contributed by atoms with E-state index in [1.807, 2.05) is 13.0 Å². The number of hydrogen-bond donors (Lipinski definition) is 1. The van der Waals surface area contributed by atoms with Gasteiger partial charge in [-0.1, -0.05) is 30.9 Å².